The lowest BCUT2D eigenvalue weighted by molar-refractivity contribution is 0.349. The van der Waals surface area contributed by atoms with Gasteiger partial charge in [0, 0.05) is 11.5 Å². The first-order valence-corrected chi connectivity index (χ1v) is 8.25. The Balaban J connectivity index is 1.88. The number of benzene rings is 2. The third kappa shape index (κ3) is 2.45. The van der Waals surface area contributed by atoms with Crippen molar-refractivity contribution < 1.29 is 9.47 Å². The molecule has 2 N–H and O–H groups in total. The van der Waals surface area contributed by atoms with Crippen molar-refractivity contribution in [3.63, 3.8) is 0 Å². The molecule has 0 radical (unpaired) electrons. The molecule has 25 heavy (non-hydrogen) atoms. The van der Waals surface area contributed by atoms with Crippen LogP contribution in [0.25, 0.3) is 5.76 Å². The summed E-state index contributed by atoms with van der Waals surface area (Å²) in [6.07, 6.45) is 1.78. The molecule has 0 spiro atoms. The number of methoxy groups -OCH3 is 1. The van der Waals surface area contributed by atoms with E-state index in [0.717, 1.165) is 41.1 Å². The zero-order valence-electron chi connectivity index (χ0n) is 14.0. The molecule has 124 valence electrons. The number of allylic oxidation sites excluding steroid dienone is 2. The number of fused-ring (bicyclic) bond motifs is 2. The number of hydrogen-bond acceptors (Lipinski definition) is 4. The topological polar surface area (TPSA) is 68.3 Å². The normalized spacial score (nSPS) is 18.8. The third-order valence-corrected chi connectivity index (χ3v) is 4.90. The maximum absolute atomic E-state index is 9.66. The predicted molar refractivity (Wildman–Crippen MR) is 95.3 cm³/mol. The van der Waals surface area contributed by atoms with Gasteiger partial charge in [-0.1, -0.05) is 36.4 Å². The second-order valence-electron chi connectivity index (χ2n) is 6.21. The molecule has 0 fully saturated rings. The van der Waals surface area contributed by atoms with Crippen molar-refractivity contribution in [2.75, 3.05) is 7.11 Å². The highest BCUT2D eigenvalue weighted by molar-refractivity contribution is 5.74. The number of aryl methyl sites for hydroxylation is 1. The Labute approximate surface area is 146 Å². The monoisotopic (exact) mass is 330 g/mol. The van der Waals surface area contributed by atoms with Crippen molar-refractivity contribution in [3.05, 3.63) is 82.3 Å². The highest BCUT2D eigenvalue weighted by Crippen LogP contribution is 2.47. The number of nitrogens with zero attached hydrogens (tertiary/aromatic N) is 1. The summed E-state index contributed by atoms with van der Waals surface area (Å²) in [5.74, 6) is 1.61. The van der Waals surface area contributed by atoms with Crippen LogP contribution in [0, 0.1) is 11.3 Å². The minimum atomic E-state index is -0.173. The van der Waals surface area contributed by atoms with Gasteiger partial charge in [-0.2, -0.15) is 5.26 Å². The molecule has 0 saturated carbocycles. The molecule has 4 heteroatoms. The number of nitrogens with two attached hydrogens (primary N) is 1. The van der Waals surface area contributed by atoms with Crippen molar-refractivity contribution in [1.82, 2.24) is 0 Å². The number of hydrogen-bond donors (Lipinski definition) is 1. The zero-order chi connectivity index (χ0) is 17.4. The van der Waals surface area contributed by atoms with Crippen LogP contribution in [-0.4, -0.2) is 7.11 Å². The molecule has 1 heterocycles. The average molecular weight is 330 g/mol. The fraction of sp³-hybridized carbons (Fsp3) is 0.190. The highest BCUT2D eigenvalue weighted by atomic mass is 16.5. The van der Waals surface area contributed by atoms with Crippen LogP contribution in [0.3, 0.4) is 0 Å². The van der Waals surface area contributed by atoms with Gasteiger partial charge >= 0.3 is 0 Å². The molecule has 0 bridgehead atoms. The highest BCUT2D eigenvalue weighted by Gasteiger charge is 2.35. The third-order valence-electron chi connectivity index (χ3n) is 4.90. The van der Waals surface area contributed by atoms with E-state index < -0.39 is 0 Å². The van der Waals surface area contributed by atoms with Crippen LogP contribution in [0.2, 0.25) is 0 Å². The molecule has 2 aromatic rings. The van der Waals surface area contributed by atoms with Crippen molar-refractivity contribution in [3.8, 4) is 11.8 Å². The Morgan fingerprint density at radius 3 is 2.60 bits per heavy atom. The van der Waals surface area contributed by atoms with E-state index in [1.54, 1.807) is 7.11 Å². The summed E-state index contributed by atoms with van der Waals surface area (Å²) < 4.78 is 11.2. The van der Waals surface area contributed by atoms with Gasteiger partial charge in [-0.25, -0.2) is 0 Å². The van der Waals surface area contributed by atoms with Crippen molar-refractivity contribution in [1.29, 1.82) is 5.26 Å². The summed E-state index contributed by atoms with van der Waals surface area (Å²) in [7, 11) is 1.64. The van der Waals surface area contributed by atoms with Gasteiger partial charge in [0.15, 0.2) is 0 Å². The van der Waals surface area contributed by atoms with Crippen LogP contribution in [0.4, 0.5) is 0 Å². The molecular weight excluding hydrogens is 312 g/mol. The minimum absolute atomic E-state index is 0.173. The molecule has 2 aromatic carbocycles. The Kier molecular flexibility index (Phi) is 3.70. The summed E-state index contributed by atoms with van der Waals surface area (Å²) in [5.41, 5.74) is 11.1. The molecule has 1 aliphatic heterocycles. The molecular formula is C21H18N2O2. The van der Waals surface area contributed by atoms with Crippen LogP contribution in [0.15, 0.2) is 65.6 Å². The Morgan fingerprint density at radius 2 is 1.88 bits per heavy atom. The lowest BCUT2D eigenvalue weighted by atomic mass is 9.76. The first-order chi connectivity index (χ1) is 12.2. The van der Waals surface area contributed by atoms with Crippen molar-refractivity contribution in [2.24, 2.45) is 5.73 Å². The maximum Gasteiger partial charge on any atom is 0.205 e. The number of rotatable bonds is 2. The van der Waals surface area contributed by atoms with Crippen LogP contribution < -0.4 is 10.5 Å². The van der Waals surface area contributed by atoms with Crippen molar-refractivity contribution in [2.45, 2.75) is 18.8 Å². The van der Waals surface area contributed by atoms with Gasteiger partial charge in [0.2, 0.25) is 5.88 Å². The largest absolute Gasteiger partial charge is 0.497 e. The molecule has 0 amide bonds. The van der Waals surface area contributed by atoms with E-state index >= 15 is 0 Å². The van der Waals surface area contributed by atoms with Gasteiger partial charge in [0.25, 0.3) is 0 Å². The van der Waals surface area contributed by atoms with Crippen LogP contribution in [-0.2, 0) is 11.2 Å². The Hall–Kier alpha value is -3.19. The minimum Gasteiger partial charge on any atom is -0.497 e. The molecule has 0 saturated heterocycles. The molecule has 1 atom stereocenters. The fourth-order valence-electron chi connectivity index (χ4n) is 3.68. The van der Waals surface area contributed by atoms with Gasteiger partial charge in [0.05, 0.1) is 7.11 Å². The van der Waals surface area contributed by atoms with Gasteiger partial charge in [-0.05, 0) is 41.7 Å². The lowest BCUT2D eigenvalue weighted by Crippen LogP contribution is -2.23. The summed E-state index contributed by atoms with van der Waals surface area (Å²) in [4.78, 5) is 0. The molecule has 1 aliphatic carbocycles. The smallest absolute Gasteiger partial charge is 0.205 e. The van der Waals surface area contributed by atoms with Crippen LogP contribution >= 0.6 is 0 Å². The van der Waals surface area contributed by atoms with Crippen LogP contribution in [0.5, 0.6) is 5.75 Å². The maximum atomic E-state index is 9.66. The summed E-state index contributed by atoms with van der Waals surface area (Å²) in [6, 6.07) is 18.3. The van der Waals surface area contributed by atoms with E-state index in [2.05, 4.69) is 18.2 Å². The fourth-order valence-corrected chi connectivity index (χ4v) is 3.68. The molecule has 1 unspecified atom stereocenters. The standard InChI is InChI=1S/C21H18N2O2/c1-24-15-9-6-14(7-10-15)19-17-11-8-13-4-2-3-5-16(13)20(17)25-21(23)18(19)12-22/h2-7,9-10,19H,8,11,23H2,1H3. The second kappa shape index (κ2) is 6.03. The first kappa shape index (κ1) is 15.3. The van der Waals surface area contributed by atoms with E-state index in [0.29, 0.717) is 5.57 Å². The van der Waals surface area contributed by atoms with Crippen molar-refractivity contribution >= 4 is 5.76 Å². The van der Waals surface area contributed by atoms with E-state index in [4.69, 9.17) is 15.2 Å². The average Bonchev–Trinajstić information content (AvgIpc) is 2.67. The van der Waals surface area contributed by atoms with E-state index in [-0.39, 0.29) is 11.8 Å². The summed E-state index contributed by atoms with van der Waals surface area (Å²) in [6.45, 7) is 0. The quantitative estimate of drug-likeness (QED) is 0.908. The number of ether oxygens (including phenoxy) is 2. The second-order valence-corrected chi connectivity index (χ2v) is 6.21. The van der Waals surface area contributed by atoms with E-state index in [9.17, 15) is 5.26 Å². The summed E-state index contributed by atoms with van der Waals surface area (Å²) >= 11 is 0. The summed E-state index contributed by atoms with van der Waals surface area (Å²) in [5, 5.41) is 9.66. The Morgan fingerprint density at radius 1 is 1.12 bits per heavy atom. The van der Waals surface area contributed by atoms with Gasteiger partial charge < -0.3 is 15.2 Å². The Bertz CT molecular complexity index is 933. The van der Waals surface area contributed by atoms with E-state index in [1.165, 1.54) is 5.56 Å². The van der Waals surface area contributed by atoms with Gasteiger partial charge in [-0.3, -0.25) is 0 Å². The van der Waals surface area contributed by atoms with Crippen LogP contribution in [0.1, 0.15) is 29.0 Å². The lowest BCUT2D eigenvalue weighted by Gasteiger charge is -2.33. The van der Waals surface area contributed by atoms with Gasteiger partial charge in [-0.15, -0.1) is 0 Å². The predicted octanol–water partition coefficient (Wildman–Crippen LogP) is 3.86. The SMILES string of the molecule is COc1ccc(C2C(C#N)=C(N)OC3=C2CCc2ccccc23)cc1. The molecule has 2 aliphatic rings. The number of nitriles is 1. The molecule has 0 aromatic heterocycles. The van der Waals surface area contributed by atoms with Gasteiger partial charge in [0.1, 0.15) is 23.2 Å². The van der Waals surface area contributed by atoms with E-state index in [1.807, 2.05) is 36.4 Å². The zero-order valence-corrected chi connectivity index (χ0v) is 14.0. The molecule has 4 nitrogen and oxygen atoms in total. The molecule has 4 rings (SSSR count). The first-order valence-electron chi connectivity index (χ1n) is 8.25.